The van der Waals surface area contributed by atoms with Gasteiger partial charge in [0.25, 0.3) is 27.5 Å². The monoisotopic (exact) mass is 1550 g/mol. The Morgan fingerprint density at radius 2 is 0.670 bits per heavy atom. The van der Waals surface area contributed by atoms with Crippen LogP contribution in [0.2, 0.25) is 0 Å². The van der Waals surface area contributed by atoms with E-state index >= 15 is 0 Å². The van der Waals surface area contributed by atoms with Crippen LogP contribution in [-0.4, -0.2) is 171 Å². The van der Waals surface area contributed by atoms with Crippen LogP contribution in [0.3, 0.4) is 0 Å². The third-order valence-corrected chi connectivity index (χ3v) is 19.7. The van der Waals surface area contributed by atoms with Gasteiger partial charge in [-0.2, -0.15) is 0 Å². The first-order valence-electron chi connectivity index (χ1n) is 41.0. The zero-order valence-electron chi connectivity index (χ0n) is 66.1. The second-order valence-corrected chi connectivity index (χ2v) is 30.9. The number of allylic oxidation sites excluding steroid dienone is 4. The fourth-order valence-electron chi connectivity index (χ4n) is 11.4. The van der Waals surface area contributed by atoms with Gasteiger partial charge in [0.15, 0.2) is 12.2 Å². The number of ether oxygens (including phenoxy) is 4. The Hall–Kier alpha value is -3.72. The van der Waals surface area contributed by atoms with E-state index in [-0.39, 0.29) is 52.1 Å². The van der Waals surface area contributed by atoms with Gasteiger partial charge in [-0.05, 0) is 103 Å². The molecule has 28 heteroatoms. The lowest BCUT2D eigenvalue weighted by Crippen LogP contribution is -2.50. The van der Waals surface area contributed by atoms with Gasteiger partial charge in [-0.3, -0.25) is 37.9 Å². The molecule has 0 fully saturated rings. The molecule has 0 spiro atoms. The predicted molar refractivity (Wildman–Crippen MR) is 410 cm³/mol. The predicted octanol–water partition coefficient (Wildman–Crippen LogP) is 12.9. The molecule has 622 valence electrons. The normalized spacial score (nSPS) is 15.2. The fraction of sp³-hybridized carbons (Fsp3) is 0.872. The minimum atomic E-state index is -5.17. The first kappa shape index (κ1) is 102. The number of amides is 4. The molecule has 0 radical (unpaired) electrons. The van der Waals surface area contributed by atoms with Crippen molar-refractivity contribution in [1.82, 2.24) is 21.3 Å². The maximum Gasteiger partial charge on any atom is 0.306 e. The van der Waals surface area contributed by atoms with Crippen LogP contribution >= 0.6 is 15.6 Å². The van der Waals surface area contributed by atoms with Crippen molar-refractivity contribution in [3.05, 3.63) is 24.3 Å². The standard InChI is InChI=1S/C78H148N4O22P2/c1-7-13-19-25-27-29-31-37-43-49-73(87)103-69(47-41-35-23-17-11-5)59-71(85)81-65(61-97-55-51-67(83)45-39-33-21-15-9-3)63-101-105(93,94)99-57-53-79-77(91)75(89)76(90)78(92)80-54-58-100-106(95,96)102-64-66(62-98-56-52-68(84)46-40-34-22-16-10-4)82-72(86)60-70(48-42-36-24-18-12-6)104-74(88)50-44-38-32-30-28-26-20-14-8-2/h29-32,65-70,75-76,83-84,89-90H,7-28,33-64H2,1-6H3,(H,79,91)(H,80,92)(H,81,85)(H,82,86)(H,93,94)(H,95,96)/p-2/b31-29-,32-30-/t65?,66?,67?,68?,69-,70-,75-,76-/m1/s1. The number of esters is 2. The second-order valence-electron chi connectivity index (χ2n) is 28.1. The molecule has 106 heavy (non-hydrogen) atoms. The van der Waals surface area contributed by atoms with Gasteiger partial charge in [-0.1, -0.05) is 220 Å². The molecular weight excluding hydrogens is 1410 g/mol. The molecule has 10 atom stereocenters. The van der Waals surface area contributed by atoms with E-state index in [4.69, 9.17) is 37.0 Å². The van der Waals surface area contributed by atoms with Crippen molar-refractivity contribution >= 4 is 51.2 Å². The summed E-state index contributed by atoms with van der Waals surface area (Å²) in [5.74, 6) is -4.55. The van der Waals surface area contributed by atoms with Crippen LogP contribution in [0.15, 0.2) is 24.3 Å². The molecule has 0 aromatic rings. The summed E-state index contributed by atoms with van der Waals surface area (Å²) in [6.45, 7) is 8.61. The Labute approximate surface area is 637 Å². The van der Waals surface area contributed by atoms with E-state index in [1.54, 1.807) is 0 Å². The van der Waals surface area contributed by atoms with Crippen molar-refractivity contribution in [3.8, 4) is 0 Å². The van der Waals surface area contributed by atoms with Gasteiger partial charge in [0.2, 0.25) is 11.8 Å². The average molecular weight is 1550 g/mol. The summed E-state index contributed by atoms with van der Waals surface area (Å²) in [5.41, 5.74) is 0. The van der Waals surface area contributed by atoms with Gasteiger partial charge in [0.05, 0.1) is 76.8 Å². The van der Waals surface area contributed by atoms with E-state index in [1.807, 2.05) is 0 Å². The number of carbonyl (C=O) groups is 6. The van der Waals surface area contributed by atoms with Gasteiger partial charge >= 0.3 is 11.9 Å². The maximum absolute atomic E-state index is 13.6. The quantitative estimate of drug-likeness (QED) is 0.0121. The summed E-state index contributed by atoms with van der Waals surface area (Å²) in [4.78, 5) is 105. The van der Waals surface area contributed by atoms with Crippen molar-refractivity contribution in [3.63, 3.8) is 0 Å². The molecule has 8 N–H and O–H groups in total. The molecule has 6 unspecified atom stereocenters. The van der Waals surface area contributed by atoms with Crippen LogP contribution in [0.1, 0.15) is 324 Å². The van der Waals surface area contributed by atoms with Gasteiger partial charge in [-0.25, -0.2) is 0 Å². The number of phosphoric ester groups is 2. The molecular formula is C78H146N4O22P2-2. The number of hydrogen-bond donors (Lipinski definition) is 8. The molecule has 0 aromatic heterocycles. The second kappa shape index (κ2) is 70.4. The lowest BCUT2D eigenvalue weighted by Gasteiger charge is -2.27. The molecule has 0 aliphatic heterocycles. The van der Waals surface area contributed by atoms with Gasteiger partial charge in [0, 0.05) is 39.1 Å². The zero-order valence-corrected chi connectivity index (χ0v) is 67.9. The highest BCUT2D eigenvalue weighted by molar-refractivity contribution is 7.46. The number of carbonyl (C=O) groups excluding carboxylic acids is 6. The summed E-state index contributed by atoms with van der Waals surface area (Å²) >= 11 is 0. The number of unbranched alkanes of at least 4 members (excludes halogenated alkanes) is 26. The minimum absolute atomic E-state index is 0.0926. The Morgan fingerprint density at radius 3 is 1.00 bits per heavy atom. The summed E-state index contributed by atoms with van der Waals surface area (Å²) in [7, 11) is -10.3. The first-order chi connectivity index (χ1) is 51.0. The van der Waals surface area contributed by atoms with Gasteiger partial charge < -0.3 is 88.5 Å². The van der Waals surface area contributed by atoms with E-state index in [0.717, 1.165) is 167 Å². The lowest BCUT2D eigenvalue weighted by molar-refractivity contribution is -0.227. The number of phosphoric acid groups is 2. The van der Waals surface area contributed by atoms with Crippen LogP contribution in [-0.2, 0) is 74.9 Å². The Morgan fingerprint density at radius 1 is 0.368 bits per heavy atom. The smallest absolute Gasteiger partial charge is 0.306 e. The van der Waals surface area contributed by atoms with Crippen LogP contribution in [0.5, 0.6) is 0 Å². The number of aliphatic hydroxyl groups is 4. The molecule has 4 amide bonds. The summed E-state index contributed by atoms with van der Waals surface area (Å²) < 4.78 is 69.5. The van der Waals surface area contributed by atoms with Crippen molar-refractivity contribution in [2.75, 3.05) is 65.9 Å². The highest BCUT2D eigenvalue weighted by Gasteiger charge is 2.31. The molecule has 0 bridgehead atoms. The third-order valence-electron chi connectivity index (χ3n) is 17.8. The average Bonchev–Trinajstić information content (AvgIpc) is 0.903. The largest absolute Gasteiger partial charge is 0.756 e. The van der Waals surface area contributed by atoms with E-state index in [0.29, 0.717) is 51.4 Å². The van der Waals surface area contributed by atoms with Crippen LogP contribution in [0.25, 0.3) is 0 Å². The molecule has 0 aromatic carbocycles. The summed E-state index contributed by atoms with van der Waals surface area (Å²) in [6, 6.07) is -2.11. The lowest BCUT2D eigenvalue weighted by atomic mass is 10.1. The van der Waals surface area contributed by atoms with Crippen LogP contribution < -0.4 is 31.1 Å². The number of hydrogen-bond acceptors (Lipinski definition) is 22. The van der Waals surface area contributed by atoms with Crippen molar-refractivity contribution in [1.29, 1.82) is 0 Å². The first-order valence-corrected chi connectivity index (χ1v) is 43.9. The Kier molecular flexibility index (Phi) is 67.9. The van der Waals surface area contributed by atoms with Crippen molar-refractivity contribution < 1.29 is 105 Å². The van der Waals surface area contributed by atoms with E-state index < -0.39 is 139 Å². The number of aliphatic hydroxyl groups excluding tert-OH is 4. The molecule has 0 saturated carbocycles. The Bertz CT molecular complexity index is 2190. The minimum Gasteiger partial charge on any atom is -0.756 e. The van der Waals surface area contributed by atoms with Crippen LogP contribution in [0, 0.1) is 0 Å². The molecule has 0 rings (SSSR count). The molecule has 26 nitrogen and oxygen atoms in total. The molecule has 0 aliphatic rings. The summed E-state index contributed by atoms with van der Waals surface area (Å²) in [6.07, 6.45) is 37.2. The zero-order chi connectivity index (χ0) is 78.6. The summed E-state index contributed by atoms with van der Waals surface area (Å²) in [5, 5.41) is 52.0. The highest BCUT2D eigenvalue weighted by Crippen LogP contribution is 2.39. The van der Waals surface area contributed by atoms with E-state index in [2.05, 4.69) is 87.1 Å². The van der Waals surface area contributed by atoms with Crippen molar-refractivity contribution in [2.45, 2.75) is 373 Å². The van der Waals surface area contributed by atoms with Gasteiger partial charge in [0.1, 0.15) is 12.2 Å². The van der Waals surface area contributed by atoms with Crippen LogP contribution in [0.4, 0.5) is 0 Å². The topological polar surface area (TPSA) is 386 Å². The number of nitrogens with one attached hydrogen (secondary N) is 4. The van der Waals surface area contributed by atoms with E-state index in [9.17, 15) is 68.1 Å². The SMILES string of the molecule is CCCCCC/C=C\CCCC(=O)O[C@H](CCCCCCC)CC(=O)NC(COCCC(O)CCCCCCC)COP(=O)([O-])OCCNC(=O)[C@H](O)[C@@H](O)C(=O)NCCOP(=O)([O-])OCC(COCCC(O)CCCCCCC)NC(=O)C[C@@H](CCCCCCC)OC(=O)CCC/C=C\CCCCCC. The Balaban J connectivity index is 5.72. The fourth-order valence-corrected chi connectivity index (χ4v) is 12.9. The maximum atomic E-state index is 13.6. The molecule has 0 saturated heterocycles. The van der Waals surface area contributed by atoms with Crippen molar-refractivity contribution in [2.24, 2.45) is 0 Å². The number of rotatable bonds is 77. The molecule has 0 heterocycles. The van der Waals surface area contributed by atoms with Gasteiger partial charge in [-0.15, -0.1) is 0 Å². The molecule has 0 aliphatic carbocycles. The third kappa shape index (κ3) is 64.0. The highest BCUT2D eigenvalue weighted by atomic mass is 31.2. The van der Waals surface area contributed by atoms with E-state index in [1.165, 1.54) is 38.5 Å².